The maximum atomic E-state index is 12.3. The topological polar surface area (TPSA) is 90.9 Å². The first kappa shape index (κ1) is 25.7. The molecule has 164 valence electrons. The van der Waals surface area contributed by atoms with Crippen molar-refractivity contribution < 1.29 is 13.2 Å². The fraction of sp³-hybridized carbons (Fsp3) is 0.600. The van der Waals surface area contributed by atoms with Gasteiger partial charge in [-0.05, 0) is 44.2 Å². The van der Waals surface area contributed by atoms with Gasteiger partial charge in [-0.2, -0.15) is 0 Å². The quantitative estimate of drug-likeness (QED) is 0.230. The SMILES string of the molecule is CCNC(=NCCCS(=O)(=O)c1ccccc1)N1CCC(CC(=O)NC)CC1.I. The predicted octanol–water partition coefficient (Wildman–Crippen LogP) is 2.28. The van der Waals surface area contributed by atoms with Gasteiger partial charge in [0.2, 0.25) is 5.91 Å². The number of piperidine rings is 1. The van der Waals surface area contributed by atoms with E-state index in [2.05, 4.69) is 20.5 Å². The van der Waals surface area contributed by atoms with Crippen molar-refractivity contribution in [2.75, 3.05) is 39.0 Å². The second-order valence-corrected chi connectivity index (χ2v) is 9.14. The summed E-state index contributed by atoms with van der Waals surface area (Å²) in [6, 6.07) is 8.55. The third-order valence-electron chi connectivity index (χ3n) is 4.94. The number of hydrogen-bond donors (Lipinski definition) is 2. The zero-order valence-electron chi connectivity index (χ0n) is 17.3. The molecule has 0 aliphatic carbocycles. The van der Waals surface area contributed by atoms with Gasteiger partial charge in [0.15, 0.2) is 15.8 Å². The Hall–Kier alpha value is -1.36. The van der Waals surface area contributed by atoms with Crippen LogP contribution in [0.25, 0.3) is 0 Å². The lowest BCUT2D eigenvalue weighted by atomic mass is 9.93. The zero-order chi connectivity index (χ0) is 20.4. The molecule has 7 nitrogen and oxygen atoms in total. The van der Waals surface area contributed by atoms with Crippen molar-refractivity contribution in [3.05, 3.63) is 30.3 Å². The van der Waals surface area contributed by atoms with Crippen LogP contribution < -0.4 is 10.6 Å². The molecule has 1 aromatic carbocycles. The summed E-state index contributed by atoms with van der Waals surface area (Å²) in [5.74, 6) is 1.43. The van der Waals surface area contributed by atoms with Gasteiger partial charge in [-0.15, -0.1) is 24.0 Å². The number of carbonyl (C=O) groups is 1. The molecule has 0 saturated carbocycles. The first-order chi connectivity index (χ1) is 13.5. The van der Waals surface area contributed by atoms with Crippen molar-refractivity contribution >= 4 is 45.7 Å². The highest BCUT2D eigenvalue weighted by atomic mass is 127. The van der Waals surface area contributed by atoms with Gasteiger partial charge in [0.1, 0.15) is 0 Å². The molecular formula is C20H33IN4O3S. The number of hydrogen-bond acceptors (Lipinski definition) is 4. The molecule has 9 heteroatoms. The van der Waals surface area contributed by atoms with Gasteiger partial charge in [-0.3, -0.25) is 9.79 Å². The number of nitrogens with zero attached hydrogens (tertiary/aromatic N) is 2. The third-order valence-corrected chi connectivity index (χ3v) is 6.75. The van der Waals surface area contributed by atoms with E-state index in [1.54, 1.807) is 31.3 Å². The van der Waals surface area contributed by atoms with E-state index in [9.17, 15) is 13.2 Å². The Morgan fingerprint density at radius 3 is 2.45 bits per heavy atom. The molecular weight excluding hydrogens is 503 g/mol. The van der Waals surface area contributed by atoms with Crippen LogP contribution in [-0.2, 0) is 14.6 Å². The minimum atomic E-state index is -3.26. The number of guanidine groups is 1. The van der Waals surface area contributed by atoms with E-state index in [0.29, 0.717) is 30.2 Å². The summed E-state index contributed by atoms with van der Waals surface area (Å²) in [5.41, 5.74) is 0. The fourth-order valence-corrected chi connectivity index (χ4v) is 4.64. The minimum absolute atomic E-state index is 0. The van der Waals surface area contributed by atoms with E-state index in [0.717, 1.165) is 38.4 Å². The number of halogens is 1. The highest BCUT2D eigenvalue weighted by Gasteiger charge is 2.23. The van der Waals surface area contributed by atoms with Crippen LogP contribution in [0.4, 0.5) is 0 Å². The zero-order valence-corrected chi connectivity index (χ0v) is 20.4. The van der Waals surface area contributed by atoms with Crippen molar-refractivity contribution in [1.82, 2.24) is 15.5 Å². The smallest absolute Gasteiger partial charge is 0.220 e. The standard InChI is InChI=1S/C20H32N4O3S.HI/c1-3-22-20(24-13-10-17(11-14-24)16-19(25)21-2)23-12-7-15-28(26,27)18-8-5-4-6-9-18;/h4-6,8-9,17H,3,7,10-16H2,1-2H3,(H,21,25)(H,22,23);1H. The van der Waals surface area contributed by atoms with Crippen molar-refractivity contribution in [1.29, 1.82) is 0 Å². The molecule has 1 aliphatic heterocycles. The lowest BCUT2D eigenvalue weighted by Gasteiger charge is -2.34. The van der Waals surface area contributed by atoms with Crippen LogP contribution in [0.5, 0.6) is 0 Å². The number of likely N-dealkylation sites (tertiary alicyclic amines) is 1. The van der Waals surface area contributed by atoms with E-state index in [4.69, 9.17) is 0 Å². The van der Waals surface area contributed by atoms with Gasteiger partial charge < -0.3 is 15.5 Å². The second kappa shape index (κ2) is 13.0. The lowest BCUT2D eigenvalue weighted by Crippen LogP contribution is -2.46. The van der Waals surface area contributed by atoms with Crippen LogP contribution in [-0.4, -0.2) is 64.2 Å². The highest BCUT2D eigenvalue weighted by Crippen LogP contribution is 2.20. The molecule has 2 N–H and O–H groups in total. The molecule has 0 bridgehead atoms. The molecule has 29 heavy (non-hydrogen) atoms. The van der Waals surface area contributed by atoms with Crippen LogP contribution in [0, 0.1) is 5.92 Å². The molecule has 0 unspecified atom stereocenters. The van der Waals surface area contributed by atoms with Gasteiger partial charge in [-0.25, -0.2) is 8.42 Å². The Labute approximate surface area is 191 Å². The summed E-state index contributed by atoms with van der Waals surface area (Å²) >= 11 is 0. The van der Waals surface area contributed by atoms with Gasteiger partial charge in [-0.1, -0.05) is 18.2 Å². The van der Waals surface area contributed by atoms with Crippen LogP contribution in [0.3, 0.4) is 0 Å². The van der Waals surface area contributed by atoms with E-state index in [1.165, 1.54) is 0 Å². The summed E-state index contributed by atoms with van der Waals surface area (Å²) in [6.07, 6.45) is 2.98. The van der Waals surface area contributed by atoms with Gasteiger partial charge >= 0.3 is 0 Å². The Bertz CT molecular complexity index is 748. The van der Waals surface area contributed by atoms with E-state index < -0.39 is 9.84 Å². The van der Waals surface area contributed by atoms with E-state index in [1.807, 2.05) is 13.0 Å². The number of rotatable bonds is 8. The Kier molecular flexibility index (Phi) is 11.6. The molecule has 1 fully saturated rings. The third kappa shape index (κ3) is 8.49. The number of benzene rings is 1. The van der Waals surface area contributed by atoms with Crippen molar-refractivity contribution in [3.8, 4) is 0 Å². The van der Waals surface area contributed by atoms with Crippen LogP contribution in [0.2, 0.25) is 0 Å². The molecule has 1 heterocycles. The Balaban J connectivity index is 0.00000420. The first-order valence-electron chi connectivity index (χ1n) is 9.98. The average molecular weight is 536 g/mol. The number of aliphatic imine (C=N–C) groups is 1. The van der Waals surface area contributed by atoms with Crippen molar-refractivity contribution in [2.45, 2.75) is 37.5 Å². The molecule has 1 aliphatic rings. The lowest BCUT2D eigenvalue weighted by molar-refractivity contribution is -0.121. The maximum Gasteiger partial charge on any atom is 0.220 e. The molecule has 1 aromatic rings. The number of carbonyl (C=O) groups excluding carboxylic acids is 1. The van der Waals surface area contributed by atoms with Gasteiger partial charge in [0, 0.05) is 39.6 Å². The predicted molar refractivity (Wildman–Crippen MR) is 127 cm³/mol. The normalized spacial score (nSPS) is 15.5. The summed E-state index contributed by atoms with van der Waals surface area (Å²) in [4.78, 5) is 18.7. The monoisotopic (exact) mass is 536 g/mol. The second-order valence-electron chi connectivity index (χ2n) is 7.03. The molecule has 1 amide bonds. The molecule has 0 spiro atoms. The summed E-state index contributed by atoms with van der Waals surface area (Å²) in [5, 5.41) is 5.98. The van der Waals surface area contributed by atoms with Gasteiger partial charge in [0.25, 0.3) is 0 Å². The summed E-state index contributed by atoms with van der Waals surface area (Å²) < 4.78 is 24.7. The van der Waals surface area contributed by atoms with Crippen LogP contribution >= 0.6 is 24.0 Å². The van der Waals surface area contributed by atoms with Crippen LogP contribution in [0.1, 0.15) is 32.6 Å². The largest absolute Gasteiger partial charge is 0.359 e. The summed E-state index contributed by atoms with van der Waals surface area (Å²) in [7, 11) is -1.59. The van der Waals surface area contributed by atoms with Crippen LogP contribution in [0.15, 0.2) is 40.2 Å². The molecule has 0 aromatic heterocycles. The van der Waals surface area contributed by atoms with Crippen molar-refractivity contribution in [3.63, 3.8) is 0 Å². The molecule has 2 rings (SSSR count). The summed E-state index contributed by atoms with van der Waals surface area (Å²) in [6.45, 7) is 4.96. The van der Waals surface area contributed by atoms with Crippen molar-refractivity contribution in [2.24, 2.45) is 10.9 Å². The number of amides is 1. The Morgan fingerprint density at radius 1 is 1.21 bits per heavy atom. The number of nitrogens with one attached hydrogen (secondary N) is 2. The highest BCUT2D eigenvalue weighted by molar-refractivity contribution is 14.0. The Morgan fingerprint density at radius 2 is 1.86 bits per heavy atom. The van der Waals surface area contributed by atoms with Gasteiger partial charge in [0.05, 0.1) is 10.6 Å². The number of sulfone groups is 1. The molecule has 1 saturated heterocycles. The van der Waals surface area contributed by atoms with E-state index in [-0.39, 0.29) is 35.6 Å². The molecule has 0 atom stereocenters. The molecule has 0 radical (unpaired) electrons. The minimum Gasteiger partial charge on any atom is -0.359 e. The van der Waals surface area contributed by atoms with E-state index >= 15 is 0 Å². The fourth-order valence-electron chi connectivity index (χ4n) is 3.32. The maximum absolute atomic E-state index is 12.3. The average Bonchev–Trinajstić information content (AvgIpc) is 2.71. The first-order valence-corrected chi connectivity index (χ1v) is 11.6.